The third kappa shape index (κ3) is 4.42. The van der Waals surface area contributed by atoms with Gasteiger partial charge >= 0.3 is 5.97 Å². The first kappa shape index (κ1) is 20.9. The van der Waals surface area contributed by atoms with Gasteiger partial charge in [0.2, 0.25) is 0 Å². The highest BCUT2D eigenvalue weighted by Crippen LogP contribution is 2.36. The SMILES string of the molecule is CCC[NH+]1CCc2c(sc(NC(=O)c3ccccc3SC)c2C(=O)OCC)C1. The fourth-order valence-corrected chi connectivity index (χ4v) is 5.51. The van der Waals surface area contributed by atoms with Crippen molar-refractivity contribution in [2.24, 2.45) is 0 Å². The van der Waals surface area contributed by atoms with Crippen LogP contribution in [0.15, 0.2) is 29.2 Å². The second-order valence-electron chi connectivity index (χ2n) is 6.76. The van der Waals surface area contributed by atoms with Crippen molar-refractivity contribution in [2.45, 2.75) is 38.1 Å². The van der Waals surface area contributed by atoms with E-state index in [1.165, 1.54) is 32.9 Å². The molecule has 0 bridgehead atoms. The van der Waals surface area contributed by atoms with Crippen molar-refractivity contribution < 1.29 is 19.2 Å². The molecular formula is C21H27N2O3S2+. The number of hydrogen-bond acceptors (Lipinski definition) is 5. The zero-order valence-electron chi connectivity index (χ0n) is 16.6. The molecule has 2 N–H and O–H groups in total. The predicted octanol–water partition coefficient (Wildman–Crippen LogP) is 3.25. The Bertz CT molecular complexity index is 863. The van der Waals surface area contributed by atoms with E-state index in [0.29, 0.717) is 22.7 Å². The van der Waals surface area contributed by atoms with E-state index in [9.17, 15) is 9.59 Å². The summed E-state index contributed by atoms with van der Waals surface area (Å²) in [5.74, 6) is -0.528. The highest BCUT2D eigenvalue weighted by molar-refractivity contribution is 7.98. The van der Waals surface area contributed by atoms with Gasteiger partial charge in [-0.05, 0) is 37.3 Å². The normalized spacial score (nSPS) is 15.8. The molecule has 3 rings (SSSR count). The van der Waals surface area contributed by atoms with Crippen molar-refractivity contribution in [3.8, 4) is 0 Å². The summed E-state index contributed by atoms with van der Waals surface area (Å²) in [5, 5.41) is 3.61. The Hall–Kier alpha value is -1.83. The topological polar surface area (TPSA) is 59.8 Å². The summed E-state index contributed by atoms with van der Waals surface area (Å²) in [6.07, 6.45) is 3.92. The third-order valence-electron chi connectivity index (χ3n) is 4.89. The minimum Gasteiger partial charge on any atom is -0.462 e. The Kier molecular flexibility index (Phi) is 7.15. The molecule has 1 aromatic carbocycles. The first-order chi connectivity index (χ1) is 13.6. The number of carbonyl (C=O) groups excluding carboxylic acids is 2. The van der Waals surface area contributed by atoms with Crippen LogP contribution in [0.2, 0.25) is 0 Å². The fraction of sp³-hybridized carbons (Fsp3) is 0.429. The summed E-state index contributed by atoms with van der Waals surface area (Å²) >= 11 is 3.06. The van der Waals surface area contributed by atoms with Crippen LogP contribution >= 0.6 is 23.1 Å². The minimum atomic E-state index is -0.340. The number of benzene rings is 1. The molecule has 0 spiro atoms. The molecule has 1 atom stereocenters. The number of anilines is 1. The summed E-state index contributed by atoms with van der Waals surface area (Å²) in [6, 6.07) is 7.51. The number of carbonyl (C=O) groups is 2. The van der Waals surface area contributed by atoms with Crippen LogP contribution in [0.1, 0.15) is 51.4 Å². The van der Waals surface area contributed by atoms with Crippen LogP contribution in [0.4, 0.5) is 5.00 Å². The van der Waals surface area contributed by atoms with Crippen molar-refractivity contribution in [3.63, 3.8) is 0 Å². The van der Waals surface area contributed by atoms with Gasteiger partial charge in [-0.15, -0.1) is 23.1 Å². The average Bonchev–Trinajstić information content (AvgIpc) is 3.05. The standard InChI is InChI=1S/C21H26N2O3S2/c1-4-11-23-12-10-14-17(13-23)28-20(18(14)21(25)26-5-2)22-19(24)15-8-6-7-9-16(15)27-3/h6-9H,4-5,10-13H2,1-3H3,(H,22,24)/p+1. The van der Waals surface area contributed by atoms with E-state index in [1.807, 2.05) is 30.5 Å². The van der Waals surface area contributed by atoms with Gasteiger partial charge in [0.15, 0.2) is 0 Å². The maximum Gasteiger partial charge on any atom is 0.341 e. The first-order valence-electron chi connectivity index (χ1n) is 9.68. The Morgan fingerprint density at radius 1 is 1.29 bits per heavy atom. The third-order valence-corrected chi connectivity index (χ3v) is 6.83. The lowest BCUT2D eigenvalue weighted by Crippen LogP contribution is -3.11. The van der Waals surface area contributed by atoms with E-state index in [-0.39, 0.29) is 11.9 Å². The van der Waals surface area contributed by atoms with Gasteiger partial charge < -0.3 is 15.0 Å². The molecule has 7 heteroatoms. The van der Waals surface area contributed by atoms with Crippen molar-refractivity contribution in [1.82, 2.24) is 0 Å². The molecule has 5 nitrogen and oxygen atoms in total. The quantitative estimate of drug-likeness (QED) is 0.534. The predicted molar refractivity (Wildman–Crippen MR) is 115 cm³/mol. The van der Waals surface area contributed by atoms with Crippen molar-refractivity contribution in [2.75, 3.05) is 31.3 Å². The number of rotatable bonds is 7. The highest BCUT2D eigenvalue weighted by Gasteiger charge is 2.31. The largest absolute Gasteiger partial charge is 0.462 e. The van der Waals surface area contributed by atoms with Gasteiger partial charge in [-0.2, -0.15) is 0 Å². The van der Waals surface area contributed by atoms with Gasteiger partial charge in [-0.25, -0.2) is 4.79 Å². The molecular weight excluding hydrogens is 392 g/mol. The lowest BCUT2D eigenvalue weighted by Gasteiger charge is -2.23. The van der Waals surface area contributed by atoms with Gasteiger partial charge in [-0.1, -0.05) is 19.1 Å². The zero-order valence-corrected chi connectivity index (χ0v) is 18.2. The molecule has 0 saturated heterocycles. The van der Waals surface area contributed by atoms with Gasteiger partial charge in [0.1, 0.15) is 11.5 Å². The summed E-state index contributed by atoms with van der Waals surface area (Å²) in [4.78, 5) is 29.2. The molecule has 1 unspecified atom stereocenters. The van der Waals surface area contributed by atoms with Gasteiger partial charge in [0, 0.05) is 11.3 Å². The molecule has 28 heavy (non-hydrogen) atoms. The molecule has 150 valence electrons. The summed E-state index contributed by atoms with van der Waals surface area (Å²) in [6.45, 7) is 7.34. The van der Waals surface area contributed by atoms with Crippen molar-refractivity contribution in [1.29, 1.82) is 0 Å². The number of esters is 1. The minimum absolute atomic E-state index is 0.188. The molecule has 2 heterocycles. The Labute approximate surface area is 174 Å². The number of ether oxygens (including phenoxy) is 1. The number of thioether (sulfide) groups is 1. The Balaban J connectivity index is 1.93. The van der Waals surface area contributed by atoms with Crippen LogP contribution in [0.25, 0.3) is 0 Å². The van der Waals surface area contributed by atoms with Gasteiger partial charge in [0.25, 0.3) is 5.91 Å². The molecule has 0 aliphatic carbocycles. The first-order valence-corrected chi connectivity index (χ1v) is 11.7. The smallest absolute Gasteiger partial charge is 0.341 e. The van der Waals surface area contributed by atoms with Crippen LogP contribution in [-0.2, 0) is 17.7 Å². The van der Waals surface area contributed by atoms with E-state index in [0.717, 1.165) is 42.9 Å². The number of quaternary nitrogens is 1. The van der Waals surface area contributed by atoms with Crippen LogP contribution in [0.5, 0.6) is 0 Å². The molecule has 1 aliphatic rings. The Morgan fingerprint density at radius 3 is 2.79 bits per heavy atom. The molecule has 2 aromatic rings. The number of nitrogens with one attached hydrogen (secondary N) is 2. The van der Waals surface area contributed by atoms with E-state index in [4.69, 9.17) is 4.74 Å². The number of fused-ring (bicyclic) bond motifs is 1. The molecule has 1 aromatic heterocycles. The van der Waals surface area contributed by atoms with Gasteiger partial charge in [0.05, 0.1) is 35.7 Å². The van der Waals surface area contributed by atoms with Crippen LogP contribution in [0.3, 0.4) is 0 Å². The average molecular weight is 420 g/mol. The van der Waals surface area contributed by atoms with Crippen LogP contribution in [0, 0.1) is 0 Å². The Morgan fingerprint density at radius 2 is 2.07 bits per heavy atom. The van der Waals surface area contributed by atoms with E-state index in [1.54, 1.807) is 6.92 Å². The monoisotopic (exact) mass is 419 g/mol. The summed E-state index contributed by atoms with van der Waals surface area (Å²) in [7, 11) is 0. The molecule has 0 saturated carbocycles. The van der Waals surface area contributed by atoms with Crippen molar-refractivity contribution in [3.05, 3.63) is 45.8 Å². The number of thiophene rings is 1. The second kappa shape index (κ2) is 9.58. The highest BCUT2D eigenvalue weighted by atomic mass is 32.2. The lowest BCUT2D eigenvalue weighted by molar-refractivity contribution is -0.915. The molecule has 1 amide bonds. The van der Waals surface area contributed by atoms with E-state index >= 15 is 0 Å². The summed E-state index contributed by atoms with van der Waals surface area (Å²) < 4.78 is 5.31. The fourth-order valence-electron chi connectivity index (χ4n) is 3.61. The van der Waals surface area contributed by atoms with Crippen LogP contribution in [-0.4, -0.2) is 37.8 Å². The second-order valence-corrected chi connectivity index (χ2v) is 8.71. The summed E-state index contributed by atoms with van der Waals surface area (Å²) in [5.41, 5.74) is 2.22. The van der Waals surface area contributed by atoms with Crippen LogP contribution < -0.4 is 10.2 Å². The maximum absolute atomic E-state index is 12.9. The van der Waals surface area contributed by atoms with Crippen molar-refractivity contribution >= 4 is 40.0 Å². The maximum atomic E-state index is 12.9. The van der Waals surface area contributed by atoms with E-state index < -0.39 is 0 Å². The lowest BCUT2D eigenvalue weighted by atomic mass is 10.0. The molecule has 1 aliphatic heterocycles. The number of hydrogen-bond donors (Lipinski definition) is 2. The number of amides is 1. The molecule has 0 fully saturated rings. The van der Waals surface area contributed by atoms with E-state index in [2.05, 4.69) is 12.2 Å². The zero-order chi connectivity index (χ0) is 20.1. The van der Waals surface area contributed by atoms with Gasteiger partial charge in [-0.3, -0.25) is 4.79 Å². The molecule has 0 radical (unpaired) electrons.